The van der Waals surface area contributed by atoms with Crippen molar-refractivity contribution >= 4 is 29.1 Å². The van der Waals surface area contributed by atoms with Gasteiger partial charge in [0.25, 0.3) is 11.7 Å². The third-order valence-electron chi connectivity index (χ3n) is 5.06. The number of amides is 1. The zero-order valence-electron chi connectivity index (χ0n) is 16.2. The molecular formula is C19H18ClN9O. The van der Waals surface area contributed by atoms with Gasteiger partial charge in [-0.25, -0.2) is 9.67 Å². The van der Waals surface area contributed by atoms with Gasteiger partial charge in [0.05, 0.1) is 16.9 Å². The van der Waals surface area contributed by atoms with Crippen LogP contribution in [0, 0.1) is 6.92 Å². The minimum Gasteiger partial charge on any atom is -0.353 e. The summed E-state index contributed by atoms with van der Waals surface area (Å²) >= 11 is 6.21. The molecule has 0 unspecified atom stereocenters. The fourth-order valence-corrected chi connectivity index (χ4v) is 3.78. The van der Waals surface area contributed by atoms with Gasteiger partial charge in [-0.05, 0) is 19.1 Å². The maximum absolute atomic E-state index is 12.9. The van der Waals surface area contributed by atoms with Gasteiger partial charge < -0.3 is 9.80 Å². The Kier molecular flexibility index (Phi) is 4.55. The van der Waals surface area contributed by atoms with Crippen molar-refractivity contribution in [1.29, 1.82) is 0 Å². The molecule has 0 atom stereocenters. The highest BCUT2D eigenvalue weighted by molar-refractivity contribution is 6.32. The normalized spacial score (nSPS) is 14.5. The maximum atomic E-state index is 12.9. The maximum Gasteiger partial charge on any atom is 0.276 e. The third kappa shape index (κ3) is 3.24. The number of rotatable bonds is 3. The van der Waals surface area contributed by atoms with Gasteiger partial charge >= 0.3 is 0 Å². The Labute approximate surface area is 176 Å². The van der Waals surface area contributed by atoms with Gasteiger partial charge in [0, 0.05) is 37.9 Å². The standard InChI is InChI=1S/C19H18ClN9O/c1-13-10-17(29-19(23-13)21-12-22-29)26-6-8-27(9-7-26)18(30)15-11-28(25-24-15)16-5-3-2-4-14(16)20/h2-5,10-12H,6-9H2,1H3. The molecule has 4 heterocycles. The lowest BCUT2D eigenvalue weighted by Gasteiger charge is -2.35. The number of piperazine rings is 1. The van der Waals surface area contributed by atoms with Crippen molar-refractivity contribution in [3.05, 3.63) is 59.3 Å². The van der Waals surface area contributed by atoms with Crippen molar-refractivity contribution in [3.8, 4) is 5.69 Å². The molecule has 1 aromatic carbocycles. The highest BCUT2D eigenvalue weighted by Crippen LogP contribution is 2.20. The number of halogens is 1. The Morgan fingerprint density at radius 1 is 1.13 bits per heavy atom. The van der Waals surface area contributed by atoms with E-state index in [1.807, 2.05) is 31.2 Å². The number of fused-ring (bicyclic) bond motifs is 1. The van der Waals surface area contributed by atoms with Crippen molar-refractivity contribution in [1.82, 2.24) is 39.5 Å². The van der Waals surface area contributed by atoms with E-state index in [1.165, 1.54) is 11.0 Å². The van der Waals surface area contributed by atoms with Gasteiger partial charge in [-0.3, -0.25) is 4.79 Å². The molecule has 0 bridgehead atoms. The number of carbonyl (C=O) groups is 1. The number of carbonyl (C=O) groups excluding carboxylic acids is 1. The zero-order chi connectivity index (χ0) is 20.7. The lowest BCUT2D eigenvalue weighted by molar-refractivity contribution is 0.0740. The minimum absolute atomic E-state index is 0.148. The van der Waals surface area contributed by atoms with Crippen LogP contribution in [-0.2, 0) is 0 Å². The largest absolute Gasteiger partial charge is 0.353 e. The number of anilines is 1. The molecule has 152 valence electrons. The topological polar surface area (TPSA) is 97.3 Å². The van der Waals surface area contributed by atoms with Crippen LogP contribution in [0.15, 0.2) is 42.9 Å². The third-order valence-corrected chi connectivity index (χ3v) is 5.38. The Bertz CT molecular complexity index is 1230. The summed E-state index contributed by atoms with van der Waals surface area (Å²) in [6.07, 6.45) is 3.11. The molecule has 0 spiro atoms. The summed E-state index contributed by atoms with van der Waals surface area (Å²) in [5.74, 6) is 1.34. The first-order valence-corrected chi connectivity index (χ1v) is 9.87. The van der Waals surface area contributed by atoms with Gasteiger partial charge in [-0.2, -0.15) is 14.6 Å². The predicted molar refractivity (Wildman–Crippen MR) is 110 cm³/mol. The summed E-state index contributed by atoms with van der Waals surface area (Å²) in [5.41, 5.74) is 1.85. The van der Waals surface area contributed by atoms with Crippen LogP contribution in [0.2, 0.25) is 5.02 Å². The van der Waals surface area contributed by atoms with Crippen molar-refractivity contribution < 1.29 is 4.79 Å². The second-order valence-electron chi connectivity index (χ2n) is 7.01. The molecule has 4 aromatic rings. The number of aryl methyl sites for hydroxylation is 1. The molecule has 5 rings (SSSR count). The number of hydrogen-bond acceptors (Lipinski definition) is 7. The molecule has 1 fully saturated rings. The minimum atomic E-state index is -0.148. The molecule has 0 aliphatic carbocycles. The van der Waals surface area contributed by atoms with Crippen LogP contribution in [0.25, 0.3) is 11.5 Å². The molecule has 1 aliphatic rings. The van der Waals surface area contributed by atoms with E-state index in [0.29, 0.717) is 48.4 Å². The van der Waals surface area contributed by atoms with Crippen LogP contribution < -0.4 is 4.90 Å². The van der Waals surface area contributed by atoms with E-state index in [0.717, 1.165) is 11.5 Å². The smallest absolute Gasteiger partial charge is 0.276 e. The molecular weight excluding hydrogens is 406 g/mol. The summed E-state index contributed by atoms with van der Waals surface area (Å²) in [7, 11) is 0. The molecule has 30 heavy (non-hydrogen) atoms. The fraction of sp³-hybridized carbons (Fsp3) is 0.263. The van der Waals surface area contributed by atoms with Gasteiger partial charge in [0.1, 0.15) is 12.1 Å². The second-order valence-corrected chi connectivity index (χ2v) is 7.41. The van der Waals surface area contributed by atoms with Crippen LogP contribution >= 0.6 is 11.6 Å². The summed E-state index contributed by atoms with van der Waals surface area (Å²) < 4.78 is 3.24. The summed E-state index contributed by atoms with van der Waals surface area (Å²) in [5, 5.41) is 12.9. The SMILES string of the molecule is Cc1cc(N2CCN(C(=O)c3cn(-c4ccccc4Cl)nn3)CC2)n2ncnc2n1. The molecule has 10 nitrogen and oxygen atoms in total. The van der Waals surface area contributed by atoms with Crippen LogP contribution in [0.3, 0.4) is 0 Å². The van der Waals surface area contributed by atoms with Gasteiger partial charge in [0.15, 0.2) is 5.69 Å². The van der Waals surface area contributed by atoms with Crippen LogP contribution in [0.4, 0.5) is 5.82 Å². The number of aromatic nitrogens is 7. The highest BCUT2D eigenvalue weighted by Gasteiger charge is 2.26. The van der Waals surface area contributed by atoms with E-state index in [9.17, 15) is 4.79 Å². The number of nitrogens with zero attached hydrogens (tertiary/aromatic N) is 9. The summed E-state index contributed by atoms with van der Waals surface area (Å²) in [4.78, 5) is 25.4. The first-order chi connectivity index (χ1) is 14.6. The monoisotopic (exact) mass is 423 g/mol. The Balaban J connectivity index is 1.31. The Hall–Kier alpha value is -3.53. The summed E-state index contributed by atoms with van der Waals surface area (Å²) in [6.45, 7) is 4.40. The molecule has 0 radical (unpaired) electrons. The fourth-order valence-electron chi connectivity index (χ4n) is 3.55. The first-order valence-electron chi connectivity index (χ1n) is 9.49. The molecule has 11 heteroatoms. The van der Waals surface area contributed by atoms with Gasteiger partial charge in [-0.1, -0.05) is 28.9 Å². The molecule has 0 N–H and O–H groups in total. The van der Waals surface area contributed by atoms with Crippen molar-refractivity contribution in [2.24, 2.45) is 0 Å². The zero-order valence-corrected chi connectivity index (χ0v) is 16.9. The highest BCUT2D eigenvalue weighted by atomic mass is 35.5. The van der Waals surface area contributed by atoms with E-state index in [4.69, 9.17) is 11.6 Å². The Morgan fingerprint density at radius 3 is 2.73 bits per heavy atom. The van der Waals surface area contributed by atoms with Gasteiger partial charge in [0.2, 0.25) is 0 Å². The van der Waals surface area contributed by atoms with Crippen LogP contribution in [-0.4, -0.2) is 71.6 Å². The first kappa shape index (κ1) is 18.5. The van der Waals surface area contributed by atoms with E-state index in [-0.39, 0.29) is 5.91 Å². The van der Waals surface area contributed by atoms with E-state index >= 15 is 0 Å². The van der Waals surface area contributed by atoms with Crippen molar-refractivity contribution in [2.75, 3.05) is 31.1 Å². The molecule has 0 saturated carbocycles. The van der Waals surface area contributed by atoms with Crippen molar-refractivity contribution in [2.45, 2.75) is 6.92 Å². The second kappa shape index (κ2) is 7.38. The Morgan fingerprint density at radius 2 is 1.93 bits per heavy atom. The quantitative estimate of drug-likeness (QED) is 0.494. The van der Waals surface area contributed by atoms with E-state index in [2.05, 4.69) is 30.3 Å². The lowest BCUT2D eigenvalue weighted by Crippen LogP contribution is -2.49. The lowest BCUT2D eigenvalue weighted by atomic mass is 10.2. The van der Waals surface area contributed by atoms with E-state index in [1.54, 1.807) is 21.7 Å². The van der Waals surface area contributed by atoms with Crippen molar-refractivity contribution in [3.63, 3.8) is 0 Å². The summed E-state index contributed by atoms with van der Waals surface area (Å²) in [6, 6.07) is 9.27. The number of hydrogen-bond donors (Lipinski definition) is 0. The number of benzene rings is 1. The van der Waals surface area contributed by atoms with E-state index < -0.39 is 0 Å². The molecule has 1 saturated heterocycles. The predicted octanol–water partition coefficient (Wildman–Crippen LogP) is 1.63. The van der Waals surface area contributed by atoms with Gasteiger partial charge in [-0.15, -0.1) is 5.10 Å². The van der Waals surface area contributed by atoms with Crippen LogP contribution in [0.1, 0.15) is 16.2 Å². The van der Waals surface area contributed by atoms with Crippen LogP contribution in [0.5, 0.6) is 0 Å². The molecule has 3 aromatic heterocycles. The average Bonchev–Trinajstić information content (AvgIpc) is 3.43. The molecule has 1 amide bonds. The molecule has 1 aliphatic heterocycles. The number of para-hydroxylation sites is 1. The average molecular weight is 424 g/mol.